The molecule has 4 aliphatic heterocycles. The summed E-state index contributed by atoms with van der Waals surface area (Å²) in [7, 11) is -0.320. The highest BCUT2D eigenvalue weighted by Crippen LogP contribution is 2.37. The van der Waals surface area contributed by atoms with E-state index in [-0.39, 0.29) is 36.6 Å². The smallest absolute Gasteiger partial charge is 0.494 e. The molecule has 1 amide bonds. The van der Waals surface area contributed by atoms with Crippen LogP contribution in [0, 0.1) is 0 Å². The van der Waals surface area contributed by atoms with Gasteiger partial charge in [-0.15, -0.1) is 0 Å². The van der Waals surface area contributed by atoms with Crippen molar-refractivity contribution in [1.29, 1.82) is 0 Å². The van der Waals surface area contributed by atoms with Crippen molar-refractivity contribution >= 4 is 89.0 Å². The van der Waals surface area contributed by atoms with Gasteiger partial charge in [0.05, 0.1) is 34.0 Å². The first-order valence-electron chi connectivity index (χ1n) is 16.2. The van der Waals surface area contributed by atoms with Gasteiger partial charge in [-0.1, -0.05) is 53.9 Å². The summed E-state index contributed by atoms with van der Waals surface area (Å²) in [6, 6.07) is 22.4. The van der Waals surface area contributed by atoms with Crippen LogP contribution in [0.4, 0.5) is 22.7 Å². The Balaban J connectivity index is 0.000000138. The van der Waals surface area contributed by atoms with Crippen molar-refractivity contribution in [3.63, 3.8) is 0 Å². The van der Waals surface area contributed by atoms with Crippen LogP contribution in [-0.4, -0.2) is 62.2 Å². The van der Waals surface area contributed by atoms with Gasteiger partial charge in [0.2, 0.25) is 0 Å². The number of amides is 1. The Labute approximate surface area is 323 Å². The van der Waals surface area contributed by atoms with Crippen LogP contribution in [0.25, 0.3) is 0 Å². The highest BCUT2D eigenvalue weighted by Gasteiger charge is 2.51. The number of nitrogens with one attached hydrogen (secondary N) is 3. The lowest BCUT2D eigenvalue weighted by Crippen LogP contribution is -2.41. The van der Waals surface area contributed by atoms with Crippen LogP contribution in [-0.2, 0) is 14.1 Å². The molecule has 270 valence electrons. The zero-order valence-electron chi connectivity index (χ0n) is 28.6. The van der Waals surface area contributed by atoms with Crippen LogP contribution in [0.15, 0.2) is 86.2 Å². The van der Waals surface area contributed by atoms with Crippen molar-refractivity contribution in [2.75, 3.05) is 54.6 Å². The molecule has 51 heavy (non-hydrogen) atoms. The Bertz CT molecular complexity index is 1850. The SMILES string of the molecule is Brc1ccc2c(c1)NCCO2.CC1(C)OB(c2ccc3c(c2)NCCO3)OC1(C)C.Nc1cc(Br)ccc1O.O=C1COc2ccc(Br)cc2N1. The number of hydrogen-bond donors (Lipinski definition) is 5. The third-order valence-electron chi connectivity index (χ3n) is 8.38. The molecule has 8 rings (SSSR count). The molecule has 1 fully saturated rings. The standard InChI is InChI=1S/C14H20BNO3.C8H6BrNO2.C8H8BrNO.C6H6BrNO/c1-13(2)14(3,4)19-15(18-13)10-5-6-12-11(9-10)16-7-8-17-12;9-5-1-2-7-6(3-5)10-8(11)4-12-7;9-6-1-2-8-7(5-6)10-3-4-11-8;7-4-1-2-6(9)5(8)3-4/h5-6,9,16H,7-8H2,1-4H3;1-3H,4H2,(H,10,11);1-2,5,10H,3-4H2;1-3,9H,8H2. The molecular formula is C36H40BBr3N4O7. The first-order chi connectivity index (χ1) is 24.2. The number of aromatic hydroxyl groups is 1. The summed E-state index contributed by atoms with van der Waals surface area (Å²) in [6.45, 7) is 11.6. The van der Waals surface area contributed by atoms with E-state index in [1.165, 1.54) is 0 Å². The molecule has 11 nitrogen and oxygen atoms in total. The Kier molecular flexibility index (Phi) is 12.7. The quantitative estimate of drug-likeness (QED) is 0.0738. The number of hydrogen-bond acceptors (Lipinski definition) is 10. The molecule has 0 unspecified atom stereocenters. The zero-order valence-corrected chi connectivity index (χ0v) is 33.4. The maximum atomic E-state index is 10.9. The van der Waals surface area contributed by atoms with E-state index >= 15 is 0 Å². The van der Waals surface area contributed by atoms with Gasteiger partial charge < -0.3 is 50.3 Å². The van der Waals surface area contributed by atoms with Crippen molar-refractivity contribution in [3.8, 4) is 23.0 Å². The fourth-order valence-corrected chi connectivity index (χ4v) is 6.08. The highest BCUT2D eigenvalue weighted by atomic mass is 79.9. The van der Waals surface area contributed by atoms with Crippen LogP contribution in [0.5, 0.6) is 23.0 Å². The predicted molar refractivity (Wildman–Crippen MR) is 213 cm³/mol. The highest BCUT2D eigenvalue weighted by molar-refractivity contribution is 9.11. The topological polar surface area (TPSA) is 146 Å². The van der Waals surface area contributed by atoms with Gasteiger partial charge in [0.1, 0.15) is 36.2 Å². The van der Waals surface area contributed by atoms with E-state index in [0.29, 0.717) is 12.3 Å². The maximum Gasteiger partial charge on any atom is 0.494 e. The molecule has 4 aliphatic rings. The number of nitrogen functional groups attached to an aromatic ring is 1. The number of carbonyl (C=O) groups excluding carboxylic acids is 1. The van der Waals surface area contributed by atoms with Gasteiger partial charge in [-0.3, -0.25) is 4.79 Å². The molecule has 0 bridgehead atoms. The Morgan fingerprint density at radius 2 is 1.18 bits per heavy atom. The summed E-state index contributed by atoms with van der Waals surface area (Å²) < 4.78 is 31.1. The molecule has 4 aromatic rings. The molecule has 0 atom stereocenters. The molecule has 0 aliphatic carbocycles. The third-order valence-corrected chi connectivity index (χ3v) is 9.86. The van der Waals surface area contributed by atoms with Crippen LogP contribution in [0.3, 0.4) is 0 Å². The predicted octanol–water partition coefficient (Wildman–Crippen LogP) is 7.56. The molecule has 4 aromatic carbocycles. The van der Waals surface area contributed by atoms with E-state index in [2.05, 4.69) is 97.5 Å². The number of benzene rings is 4. The molecule has 6 N–H and O–H groups in total. The number of anilines is 4. The Morgan fingerprint density at radius 3 is 1.75 bits per heavy atom. The minimum Gasteiger partial charge on any atom is -0.506 e. The van der Waals surface area contributed by atoms with Gasteiger partial charge >= 0.3 is 7.12 Å². The number of halogens is 3. The first-order valence-corrected chi connectivity index (χ1v) is 18.6. The lowest BCUT2D eigenvalue weighted by Gasteiger charge is -2.32. The number of phenols is 1. The van der Waals surface area contributed by atoms with Gasteiger partial charge in [-0.2, -0.15) is 0 Å². The van der Waals surface area contributed by atoms with Crippen LogP contribution in [0.1, 0.15) is 27.7 Å². The van der Waals surface area contributed by atoms with Crippen LogP contribution in [0.2, 0.25) is 0 Å². The van der Waals surface area contributed by atoms with E-state index in [1.54, 1.807) is 18.2 Å². The fourth-order valence-electron chi connectivity index (χ4n) is 4.98. The van der Waals surface area contributed by atoms with Crippen LogP contribution < -0.4 is 41.4 Å². The molecule has 4 heterocycles. The zero-order chi connectivity index (χ0) is 36.8. The lowest BCUT2D eigenvalue weighted by atomic mass is 9.79. The number of ether oxygens (including phenoxy) is 3. The van der Waals surface area contributed by atoms with E-state index in [9.17, 15) is 4.79 Å². The van der Waals surface area contributed by atoms with Crippen molar-refractivity contribution in [2.24, 2.45) is 0 Å². The number of fused-ring (bicyclic) bond motifs is 3. The maximum absolute atomic E-state index is 10.9. The normalized spacial score (nSPS) is 17.0. The molecule has 15 heteroatoms. The van der Waals surface area contributed by atoms with Gasteiger partial charge in [0.15, 0.2) is 6.61 Å². The molecule has 0 aromatic heterocycles. The fraction of sp³-hybridized carbons (Fsp3) is 0.306. The summed E-state index contributed by atoms with van der Waals surface area (Å²) in [5, 5.41) is 18.2. The van der Waals surface area contributed by atoms with Gasteiger partial charge in [0, 0.05) is 26.5 Å². The van der Waals surface area contributed by atoms with E-state index in [0.717, 1.165) is 72.9 Å². The summed E-state index contributed by atoms with van der Waals surface area (Å²) in [6.07, 6.45) is 0. The average Bonchev–Trinajstić information content (AvgIpc) is 3.32. The van der Waals surface area contributed by atoms with Crippen molar-refractivity contribution in [2.45, 2.75) is 38.9 Å². The number of carbonyl (C=O) groups is 1. The molecule has 0 spiro atoms. The monoisotopic (exact) mass is 888 g/mol. The summed E-state index contributed by atoms with van der Waals surface area (Å²) >= 11 is 9.90. The van der Waals surface area contributed by atoms with E-state index < -0.39 is 0 Å². The minimum atomic E-state index is -0.320. The number of nitrogens with two attached hydrogens (primary N) is 1. The number of phenolic OH excluding ortho intramolecular Hbond substituents is 1. The summed E-state index contributed by atoms with van der Waals surface area (Å²) in [5.41, 5.74) is 8.95. The van der Waals surface area contributed by atoms with E-state index in [1.807, 2.05) is 48.5 Å². The third kappa shape index (κ3) is 10.3. The molecular weight excluding hydrogens is 851 g/mol. The van der Waals surface area contributed by atoms with Crippen molar-refractivity contribution in [3.05, 3.63) is 86.2 Å². The Morgan fingerprint density at radius 1 is 0.686 bits per heavy atom. The van der Waals surface area contributed by atoms with Crippen LogP contribution >= 0.6 is 47.8 Å². The van der Waals surface area contributed by atoms with Gasteiger partial charge in [-0.05, 0) is 99.9 Å². The van der Waals surface area contributed by atoms with E-state index in [4.69, 9.17) is 34.4 Å². The lowest BCUT2D eigenvalue weighted by molar-refractivity contribution is -0.118. The second-order valence-corrected chi connectivity index (χ2v) is 15.5. The van der Waals surface area contributed by atoms with Crippen molar-refractivity contribution in [1.82, 2.24) is 0 Å². The van der Waals surface area contributed by atoms with Gasteiger partial charge in [-0.25, -0.2) is 0 Å². The second kappa shape index (κ2) is 16.8. The van der Waals surface area contributed by atoms with Gasteiger partial charge in [0.25, 0.3) is 5.91 Å². The average molecular weight is 891 g/mol. The Hall–Kier alpha value is -3.63. The second-order valence-electron chi connectivity index (χ2n) is 12.7. The summed E-state index contributed by atoms with van der Waals surface area (Å²) in [4.78, 5) is 10.9. The molecule has 0 radical (unpaired) electrons. The molecule has 0 saturated carbocycles. The number of rotatable bonds is 1. The largest absolute Gasteiger partial charge is 0.506 e. The first kappa shape index (κ1) is 38.6. The summed E-state index contributed by atoms with van der Waals surface area (Å²) in [5.74, 6) is 2.57. The molecule has 1 saturated heterocycles. The minimum absolute atomic E-state index is 0.106. The van der Waals surface area contributed by atoms with Crippen molar-refractivity contribution < 1.29 is 33.4 Å².